The Hall–Kier alpha value is -0.120. The first-order valence-electron chi connectivity index (χ1n) is 5.84. The highest BCUT2D eigenvalue weighted by molar-refractivity contribution is 4.80. The van der Waals surface area contributed by atoms with Gasteiger partial charge in [-0.1, -0.05) is 13.8 Å². The highest BCUT2D eigenvalue weighted by Gasteiger charge is 2.24. The van der Waals surface area contributed by atoms with Crippen LogP contribution < -0.4 is 5.73 Å². The van der Waals surface area contributed by atoms with Gasteiger partial charge in [0.25, 0.3) is 0 Å². The minimum atomic E-state index is 0.201. The molecule has 0 aromatic carbocycles. The van der Waals surface area contributed by atoms with Crippen molar-refractivity contribution in [3.05, 3.63) is 0 Å². The third kappa shape index (κ3) is 6.88. The van der Waals surface area contributed by atoms with Crippen molar-refractivity contribution in [3.8, 4) is 0 Å². The van der Waals surface area contributed by atoms with Crippen LogP contribution in [0.5, 0.6) is 0 Å². The average Bonchev–Trinajstić information content (AvgIpc) is 2.01. The molecule has 0 rings (SSSR count). The molecule has 0 aliphatic rings. The van der Waals surface area contributed by atoms with Crippen LogP contribution in [0.2, 0.25) is 0 Å². The maximum absolute atomic E-state index is 5.96. The van der Waals surface area contributed by atoms with E-state index in [1.54, 1.807) is 0 Å². The number of nitrogens with two attached hydrogens (primary N) is 1. The lowest BCUT2D eigenvalue weighted by Gasteiger charge is -2.33. The van der Waals surface area contributed by atoms with Crippen LogP contribution in [0.4, 0.5) is 0 Å². The van der Waals surface area contributed by atoms with E-state index in [4.69, 9.17) is 5.73 Å². The molecule has 1 atom stereocenters. The van der Waals surface area contributed by atoms with Gasteiger partial charge in [-0.2, -0.15) is 0 Å². The standard InChI is InChI=1S/C12H29N3/c1-11(13)12(2,3)10-15(6)9-7-8-14(4)5/h11H,7-10,13H2,1-6H3. The van der Waals surface area contributed by atoms with Crippen molar-refractivity contribution in [2.75, 3.05) is 40.8 Å². The first-order valence-corrected chi connectivity index (χ1v) is 5.84. The highest BCUT2D eigenvalue weighted by atomic mass is 15.1. The molecule has 0 aromatic heterocycles. The molecule has 0 aromatic rings. The van der Waals surface area contributed by atoms with Crippen LogP contribution in [0.15, 0.2) is 0 Å². The van der Waals surface area contributed by atoms with Gasteiger partial charge in [0.05, 0.1) is 0 Å². The van der Waals surface area contributed by atoms with E-state index >= 15 is 0 Å². The Bertz CT molecular complexity index is 164. The second kappa shape index (κ2) is 6.46. The molecule has 0 bridgehead atoms. The molecular weight excluding hydrogens is 186 g/mol. The Balaban J connectivity index is 3.78. The number of hydrogen-bond donors (Lipinski definition) is 1. The van der Waals surface area contributed by atoms with E-state index in [1.165, 1.54) is 6.42 Å². The lowest BCUT2D eigenvalue weighted by molar-refractivity contribution is 0.178. The summed E-state index contributed by atoms with van der Waals surface area (Å²) >= 11 is 0. The normalized spacial score (nSPS) is 15.0. The van der Waals surface area contributed by atoms with E-state index in [1.807, 2.05) is 0 Å². The summed E-state index contributed by atoms with van der Waals surface area (Å²) in [7, 11) is 6.41. The van der Waals surface area contributed by atoms with Crippen LogP contribution in [0.3, 0.4) is 0 Å². The molecule has 0 amide bonds. The zero-order valence-corrected chi connectivity index (χ0v) is 11.4. The van der Waals surface area contributed by atoms with Gasteiger partial charge in [-0.05, 0) is 53.0 Å². The molecule has 1 unspecified atom stereocenters. The Kier molecular flexibility index (Phi) is 6.41. The topological polar surface area (TPSA) is 32.5 Å². The van der Waals surface area contributed by atoms with E-state index in [9.17, 15) is 0 Å². The summed E-state index contributed by atoms with van der Waals surface area (Å²) in [6.45, 7) is 9.93. The summed E-state index contributed by atoms with van der Waals surface area (Å²) < 4.78 is 0. The molecule has 0 spiro atoms. The van der Waals surface area contributed by atoms with E-state index in [0.29, 0.717) is 0 Å². The molecule has 0 aliphatic heterocycles. The molecule has 0 radical (unpaired) electrons. The maximum Gasteiger partial charge on any atom is 0.00739 e. The summed E-state index contributed by atoms with van der Waals surface area (Å²) in [5.74, 6) is 0. The van der Waals surface area contributed by atoms with Crippen molar-refractivity contribution in [1.82, 2.24) is 9.80 Å². The monoisotopic (exact) mass is 215 g/mol. The molecule has 3 nitrogen and oxygen atoms in total. The molecule has 3 heteroatoms. The maximum atomic E-state index is 5.96. The molecule has 2 N–H and O–H groups in total. The average molecular weight is 215 g/mol. The Morgan fingerprint density at radius 3 is 2.07 bits per heavy atom. The van der Waals surface area contributed by atoms with Gasteiger partial charge in [0, 0.05) is 12.6 Å². The van der Waals surface area contributed by atoms with Gasteiger partial charge in [-0.3, -0.25) is 0 Å². The van der Waals surface area contributed by atoms with Gasteiger partial charge >= 0.3 is 0 Å². The summed E-state index contributed by atoms with van der Waals surface area (Å²) in [4.78, 5) is 4.61. The van der Waals surface area contributed by atoms with Gasteiger partial charge in [0.15, 0.2) is 0 Å². The minimum Gasteiger partial charge on any atom is -0.327 e. The lowest BCUT2D eigenvalue weighted by atomic mass is 9.85. The molecule has 0 saturated heterocycles. The van der Waals surface area contributed by atoms with Gasteiger partial charge in [-0.15, -0.1) is 0 Å². The molecule has 0 heterocycles. The fourth-order valence-electron chi connectivity index (χ4n) is 1.58. The largest absolute Gasteiger partial charge is 0.327 e. The Labute approximate surface area is 95.6 Å². The van der Waals surface area contributed by atoms with Crippen molar-refractivity contribution in [3.63, 3.8) is 0 Å². The van der Waals surface area contributed by atoms with Gasteiger partial charge in [-0.25, -0.2) is 0 Å². The van der Waals surface area contributed by atoms with Gasteiger partial charge < -0.3 is 15.5 Å². The number of nitrogens with zero attached hydrogens (tertiary/aromatic N) is 2. The molecule has 0 saturated carbocycles. The van der Waals surface area contributed by atoms with Crippen molar-refractivity contribution in [1.29, 1.82) is 0 Å². The van der Waals surface area contributed by atoms with Crippen molar-refractivity contribution >= 4 is 0 Å². The predicted octanol–water partition coefficient (Wildman–Crippen LogP) is 1.24. The fraction of sp³-hybridized carbons (Fsp3) is 1.00. The molecule has 15 heavy (non-hydrogen) atoms. The zero-order chi connectivity index (χ0) is 12.1. The van der Waals surface area contributed by atoms with E-state index in [2.05, 4.69) is 51.7 Å². The van der Waals surface area contributed by atoms with Crippen LogP contribution in [0.1, 0.15) is 27.2 Å². The zero-order valence-electron chi connectivity index (χ0n) is 11.4. The van der Waals surface area contributed by atoms with Crippen LogP contribution in [-0.2, 0) is 0 Å². The van der Waals surface area contributed by atoms with Crippen molar-refractivity contribution in [2.45, 2.75) is 33.2 Å². The Morgan fingerprint density at radius 2 is 1.67 bits per heavy atom. The third-order valence-electron chi connectivity index (χ3n) is 3.06. The van der Waals surface area contributed by atoms with E-state index < -0.39 is 0 Å². The molecular formula is C12H29N3. The lowest BCUT2D eigenvalue weighted by Crippen LogP contribution is -2.43. The molecule has 0 aliphatic carbocycles. The smallest absolute Gasteiger partial charge is 0.00739 e. The molecule has 0 fully saturated rings. The highest BCUT2D eigenvalue weighted by Crippen LogP contribution is 2.19. The van der Waals surface area contributed by atoms with Crippen molar-refractivity contribution in [2.24, 2.45) is 11.1 Å². The fourth-order valence-corrected chi connectivity index (χ4v) is 1.58. The summed E-state index contributed by atoms with van der Waals surface area (Å²) in [5.41, 5.74) is 6.16. The van der Waals surface area contributed by atoms with Gasteiger partial charge in [0.1, 0.15) is 0 Å². The first kappa shape index (κ1) is 14.9. The second-order valence-corrected chi connectivity index (χ2v) is 5.67. The quantitative estimate of drug-likeness (QED) is 0.693. The van der Waals surface area contributed by atoms with Crippen LogP contribution in [0, 0.1) is 5.41 Å². The van der Waals surface area contributed by atoms with E-state index in [-0.39, 0.29) is 11.5 Å². The van der Waals surface area contributed by atoms with Crippen LogP contribution >= 0.6 is 0 Å². The Morgan fingerprint density at radius 1 is 1.13 bits per heavy atom. The van der Waals surface area contributed by atoms with Crippen LogP contribution in [0.25, 0.3) is 0 Å². The number of hydrogen-bond acceptors (Lipinski definition) is 3. The number of rotatable bonds is 7. The van der Waals surface area contributed by atoms with Crippen LogP contribution in [-0.4, -0.2) is 56.6 Å². The summed E-state index contributed by atoms with van der Waals surface area (Å²) in [6, 6.07) is 0.244. The first-order chi connectivity index (χ1) is 6.75. The predicted molar refractivity (Wildman–Crippen MR) is 68.1 cm³/mol. The SMILES string of the molecule is CC(N)C(C)(C)CN(C)CCCN(C)C. The van der Waals surface area contributed by atoms with Crippen molar-refractivity contribution < 1.29 is 0 Å². The molecule has 92 valence electrons. The van der Waals surface area contributed by atoms with E-state index in [0.717, 1.165) is 19.6 Å². The summed E-state index contributed by atoms with van der Waals surface area (Å²) in [6.07, 6.45) is 1.22. The summed E-state index contributed by atoms with van der Waals surface area (Å²) in [5, 5.41) is 0. The third-order valence-corrected chi connectivity index (χ3v) is 3.06. The van der Waals surface area contributed by atoms with Gasteiger partial charge in [0.2, 0.25) is 0 Å². The minimum absolute atomic E-state index is 0.201. The second-order valence-electron chi connectivity index (χ2n) is 5.67.